The summed E-state index contributed by atoms with van der Waals surface area (Å²) in [5.41, 5.74) is 3.45. The van der Waals surface area contributed by atoms with Gasteiger partial charge in [0.25, 0.3) is 5.78 Å². The van der Waals surface area contributed by atoms with Gasteiger partial charge in [-0.3, -0.25) is 4.79 Å². The van der Waals surface area contributed by atoms with Crippen molar-refractivity contribution in [3.05, 3.63) is 47.3 Å². The first-order valence-electron chi connectivity index (χ1n) is 7.65. The molecular weight excluding hydrogens is 336 g/mol. The zero-order chi connectivity index (χ0) is 17.8. The van der Waals surface area contributed by atoms with E-state index < -0.39 is 0 Å². The molecule has 0 bridgehead atoms. The predicted molar refractivity (Wildman–Crippen MR) is 95.4 cm³/mol. The first kappa shape index (κ1) is 16.9. The summed E-state index contributed by atoms with van der Waals surface area (Å²) >= 11 is 1.26. The molecule has 1 N–H and O–H groups in total. The Morgan fingerprint density at radius 3 is 2.76 bits per heavy atom. The number of nitrogens with one attached hydrogen (secondary N) is 1. The number of hydrogen-bond donors (Lipinski definition) is 1. The van der Waals surface area contributed by atoms with E-state index in [9.17, 15) is 4.79 Å². The van der Waals surface area contributed by atoms with Crippen LogP contribution in [0, 0.1) is 25.2 Å². The van der Waals surface area contributed by atoms with E-state index in [1.54, 1.807) is 16.6 Å². The van der Waals surface area contributed by atoms with Crippen LogP contribution in [0.25, 0.3) is 5.78 Å². The molecule has 1 amide bonds. The molecule has 0 atom stereocenters. The van der Waals surface area contributed by atoms with Crippen LogP contribution in [0.4, 0.5) is 5.69 Å². The third kappa shape index (κ3) is 4.14. The van der Waals surface area contributed by atoms with Gasteiger partial charge < -0.3 is 5.32 Å². The molecule has 2 aromatic heterocycles. The van der Waals surface area contributed by atoms with Gasteiger partial charge in [0, 0.05) is 17.1 Å². The second-order valence-corrected chi connectivity index (χ2v) is 6.46. The van der Waals surface area contributed by atoms with Crippen molar-refractivity contribution >= 4 is 29.1 Å². The topological polar surface area (TPSA) is 96.0 Å². The van der Waals surface area contributed by atoms with Crippen LogP contribution < -0.4 is 5.32 Å². The molecule has 0 saturated heterocycles. The van der Waals surface area contributed by atoms with Crippen LogP contribution in [0.5, 0.6) is 0 Å². The molecule has 3 aromatic rings. The Morgan fingerprint density at radius 1 is 1.28 bits per heavy atom. The fourth-order valence-electron chi connectivity index (χ4n) is 2.33. The van der Waals surface area contributed by atoms with Gasteiger partial charge in [0.15, 0.2) is 0 Å². The highest BCUT2D eigenvalue weighted by atomic mass is 32.2. The first-order chi connectivity index (χ1) is 12.0. The minimum Gasteiger partial charge on any atom is -0.325 e. The fraction of sp³-hybridized carbons (Fsp3) is 0.235. The molecule has 126 valence electrons. The molecule has 7 nitrogen and oxygen atoms in total. The van der Waals surface area contributed by atoms with Crippen molar-refractivity contribution in [1.29, 1.82) is 5.26 Å². The molecule has 3 rings (SSSR count). The lowest BCUT2D eigenvalue weighted by Gasteiger charge is -2.04. The Bertz CT molecular complexity index is 958. The van der Waals surface area contributed by atoms with Crippen LogP contribution in [-0.4, -0.2) is 31.2 Å². The summed E-state index contributed by atoms with van der Waals surface area (Å²) in [6.07, 6.45) is 0.358. The molecule has 0 aliphatic heterocycles. The summed E-state index contributed by atoms with van der Waals surface area (Å²) in [5.74, 6) is 0.598. The van der Waals surface area contributed by atoms with Gasteiger partial charge in [0.1, 0.15) is 0 Å². The second kappa shape index (κ2) is 7.32. The molecule has 0 radical (unpaired) electrons. The third-order valence-corrected chi connectivity index (χ3v) is 4.29. The number of hydrogen-bond acceptors (Lipinski definition) is 6. The molecule has 8 heteroatoms. The van der Waals surface area contributed by atoms with E-state index in [-0.39, 0.29) is 11.7 Å². The average Bonchev–Trinajstić information content (AvgIpc) is 2.98. The minimum atomic E-state index is -0.141. The number of rotatable bonds is 5. The zero-order valence-electron chi connectivity index (χ0n) is 13.9. The number of nitrogens with zero attached hydrogens (tertiary/aromatic N) is 5. The number of thioether (sulfide) groups is 1. The molecule has 0 aliphatic rings. The number of aryl methyl sites for hydroxylation is 2. The number of aromatic nitrogens is 4. The third-order valence-electron chi connectivity index (χ3n) is 3.45. The predicted octanol–water partition coefficient (Wildman–Crippen LogP) is 2.54. The van der Waals surface area contributed by atoms with Gasteiger partial charge >= 0.3 is 0 Å². The SMILES string of the molecule is Cc1cc(C)n2nc(SCC(=O)Nc3ccc(CC#N)cc3)nc2n1. The van der Waals surface area contributed by atoms with Gasteiger partial charge in [0.2, 0.25) is 11.1 Å². The monoisotopic (exact) mass is 352 g/mol. The number of amides is 1. The standard InChI is InChI=1S/C17H16N6OS/c1-11-9-12(2)23-16(19-11)21-17(22-23)25-10-15(24)20-14-5-3-13(4-6-14)7-8-18/h3-6,9H,7,10H2,1-2H3,(H,20,24). The molecular formula is C17H16N6OS. The van der Waals surface area contributed by atoms with Gasteiger partial charge in [-0.1, -0.05) is 23.9 Å². The first-order valence-corrected chi connectivity index (χ1v) is 8.63. The lowest BCUT2D eigenvalue weighted by Crippen LogP contribution is -2.14. The highest BCUT2D eigenvalue weighted by Crippen LogP contribution is 2.16. The average molecular weight is 352 g/mol. The number of fused-ring (bicyclic) bond motifs is 1. The van der Waals surface area contributed by atoms with Gasteiger partial charge in [-0.25, -0.2) is 9.50 Å². The van der Waals surface area contributed by atoms with Gasteiger partial charge in [0.05, 0.1) is 18.2 Å². The maximum absolute atomic E-state index is 12.1. The maximum atomic E-state index is 12.1. The van der Waals surface area contributed by atoms with E-state index in [1.165, 1.54) is 11.8 Å². The molecule has 1 aromatic carbocycles. The number of carbonyl (C=O) groups is 1. The number of carbonyl (C=O) groups excluding carboxylic acids is 1. The quantitative estimate of drug-likeness (QED) is 0.709. The largest absolute Gasteiger partial charge is 0.325 e. The lowest BCUT2D eigenvalue weighted by atomic mass is 10.1. The van der Waals surface area contributed by atoms with Crippen LogP contribution >= 0.6 is 11.8 Å². The highest BCUT2D eigenvalue weighted by molar-refractivity contribution is 7.99. The van der Waals surface area contributed by atoms with Crippen molar-refractivity contribution in [3.8, 4) is 6.07 Å². The number of benzene rings is 1. The van der Waals surface area contributed by atoms with Crippen LogP contribution in [0.15, 0.2) is 35.5 Å². The highest BCUT2D eigenvalue weighted by Gasteiger charge is 2.10. The minimum absolute atomic E-state index is 0.141. The summed E-state index contributed by atoms with van der Waals surface area (Å²) in [4.78, 5) is 20.7. The van der Waals surface area contributed by atoms with Crippen molar-refractivity contribution in [2.75, 3.05) is 11.1 Å². The lowest BCUT2D eigenvalue weighted by molar-refractivity contribution is -0.113. The Morgan fingerprint density at radius 2 is 2.04 bits per heavy atom. The van der Waals surface area contributed by atoms with Crippen molar-refractivity contribution in [2.24, 2.45) is 0 Å². The maximum Gasteiger partial charge on any atom is 0.253 e. The summed E-state index contributed by atoms with van der Waals surface area (Å²) in [6, 6.07) is 11.2. The Labute approximate surface area is 149 Å². The molecule has 0 unspecified atom stereocenters. The Kier molecular flexibility index (Phi) is 4.95. The number of nitriles is 1. The Hall–Kier alpha value is -2.92. The van der Waals surface area contributed by atoms with Crippen molar-refractivity contribution in [2.45, 2.75) is 25.4 Å². The summed E-state index contributed by atoms with van der Waals surface area (Å²) in [7, 11) is 0. The van der Waals surface area contributed by atoms with E-state index in [4.69, 9.17) is 5.26 Å². The fourth-order valence-corrected chi connectivity index (χ4v) is 2.95. The smallest absolute Gasteiger partial charge is 0.253 e. The van der Waals surface area contributed by atoms with Gasteiger partial charge in [-0.2, -0.15) is 10.2 Å². The number of anilines is 1. The normalized spacial score (nSPS) is 10.6. The van der Waals surface area contributed by atoms with Crippen LogP contribution in [0.2, 0.25) is 0 Å². The molecule has 0 aliphatic carbocycles. The molecule has 0 spiro atoms. The summed E-state index contributed by atoms with van der Waals surface area (Å²) < 4.78 is 1.67. The molecule has 25 heavy (non-hydrogen) atoms. The van der Waals surface area contributed by atoms with E-state index in [0.717, 1.165) is 17.0 Å². The van der Waals surface area contributed by atoms with E-state index >= 15 is 0 Å². The van der Waals surface area contributed by atoms with Crippen LogP contribution in [0.3, 0.4) is 0 Å². The van der Waals surface area contributed by atoms with Gasteiger partial charge in [-0.05, 0) is 37.6 Å². The van der Waals surface area contributed by atoms with Crippen LogP contribution in [0.1, 0.15) is 17.0 Å². The molecule has 2 heterocycles. The van der Waals surface area contributed by atoms with E-state index in [0.29, 0.717) is 23.0 Å². The summed E-state index contributed by atoms with van der Waals surface area (Å²) in [6.45, 7) is 3.84. The van der Waals surface area contributed by atoms with Gasteiger partial charge in [-0.15, -0.1) is 5.10 Å². The molecule has 0 fully saturated rings. The molecule has 0 saturated carbocycles. The van der Waals surface area contributed by atoms with E-state index in [1.807, 2.05) is 32.0 Å². The zero-order valence-corrected chi connectivity index (χ0v) is 14.7. The Balaban J connectivity index is 1.60. The van der Waals surface area contributed by atoms with Crippen molar-refractivity contribution < 1.29 is 4.79 Å². The summed E-state index contributed by atoms with van der Waals surface area (Å²) in [5, 5.41) is 16.3. The van der Waals surface area contributed by atoms with Crippen molar-refractivity contribution in [1.82, 2.24) is 19.6 Å². The van der Waals surface area contributed by atoms with Crippen LogP contribution in [-0.2, 0) is 11.2 Å². The van der Waals surface area contributed by atoms with E-state index in [2.05, 4.69) is 26.5 Å². The van der Waals surface area contributed by atoms with Crippen molar-refractivity contribution in [3.63, 3.8) is 0 Å². The second-order valence-electron chi connectivity index (χ2n) is 5.51.